The molecule has 18 heavy (non-hydrogen) atoms. The van der Waals surface area contributed by atoms with E-state index in [2.05, 4.69) is 0 Å². The predicted molar refractivity (Wildman–Crippen MR) is 72.0 cm³/mol. The molecule has 1 fully saturated rings. The number of hydrogen-bond acceptors (Lipinski definition) is 2. The molecule has 1 aromatic rings. The zero-order chi connectivity index (χ0) is 13.3. The molecular weight excluding hydrogens is 250 g/mol. The molecule has 3 nitrogen and oxygen atoms in total. The van der Waals surface area contributed by atoms with Gasteiger partial charge in [-0.2, -0.15) is 0 Å². The second kappa shape index (κ2) is 5.19. The van der Waals surface area contributed by atoms with Crippen molar-refractivity contribution in [3.8, 4) is 5.75 Å². The van der Waals surface area contributed by atoms with Crippen LogP contribution in [-0.2, 0) is 0 Å². The van der Waals surface area contributed by atoms with Crippen molar-refractivity contribution in [3.05, 3.63) is 28.8 Å². The Morgan fingerprint density at radius 1 is 1.50 bits per heavy atom. The van der Waals surface area contributed by atoms with E-state index >= 15 is 0 Å². The maximum atomic E-state index is 12.5. The molecular formula is C14H18ClNO2. The third-order valence-corrected chi connectivity index (χ3v) is 3.55. The smallest absolute Gasteiger partial charge is 0.255 e. The van der Waals surface area contributed by atoms with Crippen molar-refractivity contribution in [2.75, 3.05) is 6.54 Å². The molecule has 0 unspecified atom stereocenters. The summed E-state index contributed by atoms with van der Waals surface area (Å²) >= 11 is 6.03. The Bertz CT molecular complexity index is 455. The molecule has 1 aliphatic rings. The minimum atomic E-state index is -0.0993. The lowest BCUT2D eigenvalue weighted by Gasteiger charge is -2.27. The number of benzene rings is 1. The molecule has 0 aliphatic heterocycles. The van der Waals surface area contributed by atoms with Crippen LogP contribution >= 0.6 is 11.6 Å². The highest BCUT2D eigenvalue weighted by molar-refractivity contribution is 6.33. The van der Waals surface area contributed by atoms with E-state index in [9.17, 15) is 9.90 Å². The van der Waals surface area contributed by atoms with E-state index in [1.54, 1.807) is 6.07 Å². The molecule has 0 bridgehead atoms. The maximum Gasteiger partial charge on any atom is 0.255 e. The van der Waals surface area contributed by atoms with Crippen LogP contribution in [0.2, 0.25) is 5.02 Å². The van der Waals surface area contributed by atoms with Crippen LogP contribution in [-0.4, -0.2) is 28.5 Å². The number of nitrogens with zero attached hydrogens (tertiary/aromatic N) is 1. The maximum absolute atomic E-state index is 12.5. The van der Waals surface area contributed by atoms with Gasteiger partial charge in [-0.25, -0.2) is 0 Å². The average molecular weight is 268 g/mol. The zero-order valence-corrected chi connectivity index (χ0v) is 11.4. The van der Waals surface area contributed by atoms with Crippen molar-refractivity contribution >= 4 is 17.5 Å². The fourth-order valence-corrected chi connectivity index (χ4v) is 2.14. The highest BCUT2D eigenvalue weighted by Gasteiger charge is 2.29. The van der Waals surface area contributed by atoms with Crippen molar-refractivity contribution in [2.45, 2.75) is 32.7 Å². The topological polar surface area (TPSA) is 40.5 Å². The lowest BCUT2D eigenvalue weighted by molar-refractivity contribution is 0.0696. The third-order valence-electron chi connectivity index (χ3n) is 3.22. The SMILES string of the molecule is CC(C)N(CC1CC1)C(=O)c1cc(O)ccc1Cl. The summed E-state index contributed by atoms with van der Waals surface area (Å²) < 4.78 is 0. The van der Waals surface area contributed by atoms with Gasteiger partial charge in [0.2, 0.25) is 0 Å². The highest BCUT2D eigenvalue weighted by atomic mass is 35.5. The molecule has 1 saturated carbocycles. The Kier molecular flexibility index (Phi) is 3.81. The highest BCUT2D eigenvalue weighted by Crippen LogP contribution is 2.31. The summed E-state index contributed by atoms with van der Waals surface area (Å²) in [6, 6.07) is 4.61. The van der Waals surface area contributed by atoms with Gasteiger partial charge < -0.3 is 10.0 Å². The van der Waals surface area contributed by atoms with Crippen molar-refractivity contribution in [3.63, 3.8) is 0 Å². The molecule has 0 heterocycles. The number of halogens is 1. The number of amides is 1. The molecule has 1 aliphatic carbocycles. The molecule has 0 radical (unpaired) electrons. The number of aromatic hydroxyl groups is 1. The summed E-state index contributed by atoms with van der Waals surface area (Å²) in [5.41, 5.74) is 0.381. The Labute approximate surface area is 112 Å². The fourth-order valence-electron chi connectivity index (χ4n) is 1.94. The molecule has 0 atom stereocenters. The minimum absolute atomic E-state index is 0.0675. The van der Waals surface area contributed by atoms with E-state index in [1.165, 1.54) is 25.0 Å². The summed E-state index contributed by atoms with van der Waals surface area (Å²) in [6.45, 7) is 4.77. The summed E-state index contributed by atoms with van der Waals surface area (Å²) in [6.07, 6.45) is 2.40. The number of rotatable bonds is 4. The first kappa shape index (κ1) is 13.2. The number of carbonyl (C=O) groups excluding carboxylic acids is 1. The molecule has 1 amide bonds. The van der Waals surface area contributed by atoms with Gasteiger partial charge in [-0.05, 0) is 50.8 Å². The van der Waals surface area contributed by atoms with Crippen molar-refractivity contribution in [1.29, 1.82) is 0 Å². The minimum Gasteiger partial charge on any atom is -0.508 e. The lowest BCUT2D eigenvalue weighted by Crippen LogP contribution is -2.38. The first-order chi connectivity index (χ1) is 8.49. The van der Waals surface area contributed by atoms with E-state index < -0.39 is 0 Å². The summed E-state index contributed by atoms with van der Waals surface area (Å²) in [7, 11) is 0. The van der Waals surface area contributed by atoms with E-state index in [0.29, 0.717) is 16.5 Å². The summed E-state index contributed by atoms with van der Waals surface area (Å²) in [5.74, 6) is 0.600. The van der Waals surface area contributed by atoms with Crippen LogP contribution in [0.5, 0.6) is 5.75 Å². The second-order valence-electron chi connectivity index (χ2n) is 5.16. The van der Waals surface area contributed by atoms with Crippen LogP contribution < -0.4 is 0 Å². The zero-order valence-electron chi connectivity index (χ0n) is 10.7. The molecule has 2 rings (SSSR count). The third kappa shape index (κ3) is 2.96. The van der Waals surface area contributed by atoms with Gasteiger partial charge in [0, 0.05) is 12.6 Å². The lowest BCUT2D eigenvalue weighted by atomic mass is 10.1. The Morgan fingerprint density at radius 2 is 2.17 bits per heavy atom. The van der Waals surface area contributed by atoms with Crippen LogP contribution in [0, 0.1) is 5.92 Å². The van der Waals surface area contributed by atoms with Crippen molar-refractivity contribution in [1.82, 2.24) is 4.90 Å². The van der Waals surface area contributed by atoms with Gasteiger partial charge in [0.05, 0.1) is 10.6 Å². The molecule has 0 aromatic heterocycles. The molecule has 1 N–H and O–H groups in total. The summed E-state index contributed by atoms with van der Waals surface area (Å²) in [4.78, 5) is 14.3. The molecule has 98 valence electrons. The quantitative estimate of drug-likeness (QED) is 0.909. The summed E-state index contributed by atoms with van der Waals surface area (Å²) in [5, 5.41) is 9.86. The molecule has 0 spiro atoms. The van der Waals surface area contributed by atoms with Crippen LogP contribution in [0.25, 0.3) is 0 Å². The van der Waals surface area contributed by atoms with Gasteiger partial charge in [-0.1, -0.05) is 11.6 Å². The second-order valence-corrected chi connectivity index (χ2v) is 5.57. The average Bonchev–Trinajstić information content (AvgIpc) is 3.12. The predicted octanol–water partition coefficient (Wildman–Crippen LogP) is 3.31. The van der Waals surface area contributed by atoms with Crippen LogP contribution in [0.3, 0.4) is 0 Å². The van der Waals surface area contributed by atoms with Crippen molar-refractivity contribution < 1.29 is 9.90 Å². The molecule has 1 aromatic carbocycles. The number of phenolic OH excluding ortho intramolecular Hbond substituents is 1. The largest absolute Gasteiger partial charge is 0.508 e. The number of hydrogen-bond donors (Lipinski definition) is 1. The molecule has 4 heteroatoms. The van der Waals surface area contributed by atoms with Gasteiger partial charge in [0.1, 0.15) is 5.75 Å². The Balaban J connectivity index is 2.23. The van der Waals surface area contributed by atoms with Crippen LogP contribution in [0.4, 0.5) is 0 Å². The van der Waals surface area contributed by atoms with E-state index in [1.807, 2.05) is 18.7 Å². The normalized spacial score (nSPS) is 14.9. The van der Waals surface area contributed by atoms with Gasteiger partial charge >= 0.3 is 0 Å². The molecule has 0 saturated heterocycles. The Morgan fingerprint density at radius 3 is 2.72 bits per heavy atom. The monoisotopic (exact) mass is 267 g/mol. The first-order valence-corrected chi connectivity index (χ1v) is 6.66. The number of phenols is 1. The van der Waals surface area contributed by atoms with Crippen LogP contribution in [0.1, 0.15) is 37.0 Å². The van der Waals surface area contributed by atoms with Crippen LogP contribution in [0.15, 0.2) is 18.2 Å². The number of carbonyl (C=O) groups is 1. The first-order valence-electron chi connectivity index (χ1n) is 6.28. The van der Waals surface area contributed by atoms with E-state index in [-0.39, 0.29) is 17.7 Å². The van der Waals surface area contributed by atoms with Gasteiger partial charge in [-0.15, -0.1) is 0 Å². The Hall–Kier alpha value is -1.22. The van der Waals surface area contributed by atoms with E-state index in [0.717, 1.165) is 6.54 Å². The fraction of sp³-hybridized carbons (Fsp3) is 0.500. The standard InChI is InChI=1S/C14H18ClNO2/c1-9(2)16(8-10-3-4-10)14(18)12-7-11(17)5-6-13(12)15/h5-7,9-10,17H,3-4,8H2,1-2H3. The van der Waals surface area contributed by atoms with E-state index in [4.69, 9.17) is 11.6 Å². The van der Waals surface area contributed by atoms with Crippen molar-refractivity contribution in [2.24, 2.45) is 5.92 Å². The van der Waals surface area contributed by atoms with Gasteiger partial charge in [0.25, 0.3) is 5.91 Å². The van der Waals surface area contributed by atoms with Gasteiger partial charge in [-0.3, -0.25) is 4.79 Å². The van der Waals surface area contributed by atoms with Gasteiger partial charge in [0.15, 0.2) is 0 Å².